The van der Waals surface area contributed by atoms with Crippen molar-refractivity contribution in [3.8, 4) is 0 Å². The van der Waals surface area contributed by atoms with E-state index in [4.69, 9.17) is 0 Å². The maximum atomic E-state index is 12.5. The van der Waals surface area contributed by atoms with Gasteiger partial charge in [-0.3, -0.25) is 4.79 Å². The Bertz CT molecular complexity index is 803. The molecule has 0 aliphatic heterocycles. The van der Waals surface area contributed by atoms with Crippen molar-refractivity contribution in [1.82, 2.24) is 9.62 Å². The Morgan fingerprint density at radius 2 is 1.69 bits per heavy atom. The summed E-state index contributed by atoms with van der Waals surface area (Å²) in [6.45, 7) is 5.20. The molecule has 140 valence electrons. The van der Waals surface area contributed by atoms with E-state index in [9.17, 15) is 13.2 Å². The van der Waals surface area contributed by atoms with E-state index in [0.29, 0.717) is 13.1 Å². The van der Waals surface area contributed by atoms with Gasteiger partial charge in [-0.25, -0.2) is 13.1 Å². The van der Waals surface area contributed by atoms with Gasteiger partial charge in [0.05, 0.1) is 4.90 Å². The van der Waals surface area contributed by atoms with Gasteiger partial charge >= 0.3 is 0 Å². The van der Waals surface area contributed by atoms with Crippen LogP contribution in [0, 0.1) is 6.92 Å². The molecule has 0 atom stereocenters. The van der Waals surface area contributed by atoms with Crippen molar-refractivity contribution in [3.05, 3.63) is 65.7 Å². The zero-order valence-corrected chi connectivity index (χ0v) is 16.1. The van der Waals surface area contributed by atoms with E-state index in [1.165, 1.54) is 0 Å². The van der Waals surface area contributed by atoms with Gasteiger partial charge < -0.3 is 4.90 Å². The first-order valence-electron chi connectivity index (χ1n) is 8.80. The standard InChI is InChI=1S/C20H26N2O3S/c1-3-15-22(16-18-7-5-4-6-8-18)20(23)13-14-21-26(24,25)19-11-9-17(2)10-12-19/h4-12,21H,3,13-16H2,1-2H3. The van der Waals surface area contributed by atoms with E-state index in [0.717, 1.165) is 17.5 Å². The van der Waals surface area contributed by atoms with Gasteiger partial charge in [0.1, 0.15) is 0 Å². The number of carbonyl (C=O) groups excluding carboxylic acids is 1. The third-order valence-corrected chi connectivity index (χ3v) is 5.50. The quantitative estimate of drug-likeness (QED) is 0.733. The highest BCUT2D eigenvalue weighted by atomic mass is 32.2. The largest absolute Gasteiger partial charge is 0.338 e. The number of carbonyl (C=O) groups is 1. The molecule has 2 aromatic carbocycles. The van der Waals surface area contributed by atoms with Gasteiger partial charge in [-0.2, -0.15) is 0 Å². The molecule has 5 nitrogen and oxygen atoms in total. The van der Waals surface area contributed by atoms with Crippen LogP contribution in [0.3, 0.4) is 0 Å². The van der Waals surface area contributed by atoms with E-state index >= 15 is 0 Å². The van der Waals surface area contributed by atoms with Crippen LogP contribution >= 0.6 is 0 Å². The molecule has 1 N–H and O–H groups in total. The predicted octanol–water partition coefficient (Wildman–Crippen LogP) is 3.10. The summed E-state index contributed by atoms with van der Waals surface area (Å²) in [4.78, 5) is 14.5. The Kier molecular flexibility index (Phi) is 7.36. The molecule has 6 heteroatoms. The fraction of sp³-hybridized carbons (Fsp3) is 0.350. The molecule has 0 unspecified atom stereocenters. The number of rotatable bonds is 9. The Hall–Kier alpha value is -2.18. The maximum absolute atomic E-state index is 12.5. The van der Waals surface area contributed by atoms with Gasteiger partial charge in [-0.1, -0.05) is 55.0 Å². The molecule has 0 bridgehead atoms. The van der Waals surface area contributed by atoms with Crippen LogP contribution in [0.15, 0.2) is 59.5 Å². The highest BCUT2D eigenvalue weighted by Crippen LogP contribution is 2.10. The van der Waals surface area contributed by atoms with Crippen LogP contribution in [0.4, 0.5) is 0 Å². The van der Waals surface area contributed by atoms with E-state index in [1.54, 1.807) is 29.2 Å². The Labute approximate surface area is 156 Å². The fourth-order valence-corrected chi connectivity index (χ4v) is 3.65. The molecule has 0 saturated carbocycles. The van der Waals surface area contributed by atoms with Crippen molar-refractivity contribution in [3.63, 3.8) is 0 Å². The van der Waals surface area contributed by atoms with E-state index in [1.807, 2.05) is 44.2 Å². The lowest BCUT2D eigenvalue weighted by Gasteiger charge is -2.22. The molecular weight excluding hydrogens is 348 g/mol. The molecule has 0 aliphatic rings. The molecule has 2 aromatic rings. The minimum absolute atomic E-state index is 0.0534. The topological polar surface area (TPSA) is 66.5 Å². The smallest absolute Gasteiger partial charge is 0.240 e. The van der Waals surface area contributed by atoms with Gasteiger partial charge in [0.25, 0.3) is 0 Å². The highest BCUT2D eigenvalue weighted by molar-refractivity contribution is 7.89. The average Bonchev–Trinajstić information content (AvgIpc) is 2.62. The summed E-state index contributed by atoms with van der Waals surface area (Å²) in [7, 11) is -3.59. The summed E-state index contributed by atoms with van der Waals surface area (Å²) < 4.78 is 27.1. The van der Waals surface area contributed by atoms with E-state index in [-0.39, 0.29) is 23.8 Å². The first-order chi connectivity index (χ1) is 12.4. The van der Waals surface area contributed by atoms with E-state index in [2.05, 4.69) is 4.72 Å². The number of aryl methyl sites for hydroxylation is 1. The number of benzene rings is 2. The third kappa shape index (κ3) is 5.97. The van der Waals surface area contributed by atoms with Crippen LogP contribution in [0.5, 0.6) is 0 Å². The van der Waals surface area contributed by atoms with Gasteiger partial charge in [0.2, 0.25) is 15.9 Å². The molecule has 0 fully saturated rings. The zero-order chi connectivity index (χ0) is 19.0. The Morgan fingerprint density at radius 3 is 2.31 bits per heavy atom. The predicted molar refractivity (Wildman–Crippen MR) is 103 cm³/mol. The first-order valence-corrected chi connectivity index (χ1v) is 10.3. The van der Waals surface area contributed by atoms with Crippen molar-refractivity contribution in [2.75, 3.05) is 13.1 Å². The summed E-state index contributed by atoms with van der Waals surface area (Å²) >= 11 is 0. The van der Waals surface area contributed by atoms with Gasteiger partial charge in [0, 0.05) is 26.1 Å². The van der Waals surface area contributed by atoms with Crippen LogP contribution in [0.1, 0.15) is 30.9 Å². The van der Waals surface area contributed by atoms with Crippen LogP contribution in [0.25, 0.3) is 0 Å². The summed E-state index contributed by atoms with van der Waals surface area (Å²) in [5, 5.41) is 0. The lowest BCUT2D eigenvalue weighted by molar-refractivity contribution is -0.131. The molecule has 26 heavy (non-hydrogen) atoms. The molecule has 0 aromatic heterocycles. The van der Waals surface area contributed by atoms with Crippen molar-refractivity contribution >= 4 is 15.9 Å². The Morgan fingerprint density at radius 1 is 1.04 bits per heavy atom. The number of hydrogen-bond donors (Lipinski definition) is 1. The second-order valence-corrected chi connectivity index (χ2v) is 8.03. The monoisotopic (exact) mass is 374 g/mol. The van der Waals surface area contributed by atoms with Crippen molar-refractivity contribution in [1.29, 1.82) is 0 Å². The second kappa shape index (κ2) is 9.50. The summed E-state index contributed by atoms with van der Waals surface area (Å²) in [5.74, 6) is -0.0534. The lowest BCUT2D eigenvalue weighted by Crippen LogP contribution is -2.34. The molecular formula is C20H26N2O3S. The number of hydrogen-bond acceptors (Lipinski definition) is 3. The van der Waals surface area contributed by atoms with Gasteiger partial charge in [-0.15, -0.1) is 0 Å². The summed E-state index contributed by atoms with van der Waals surface area (Å²) in [5.41, 5.74) is 2.06. The van der Waals surface area contributed by atoms with Crippen LogP contribution in [-0.4, -0.2) is 32.3 Å². The van der Waals surface area contributed by atoms with E-state index < -0.39 is 10.0 Å². The van der Waals surface area contributed by atoms with Crippen molar-refractivity contribution in [2.45, 2.75) is 38.1 Å². The molecule has 0 aliphatic carbocycles. The Balaban J connectivity index is 1.91. The maximum Gasteiger partial charge on any atom is 0.240 e. The normalized spacial score (nSPS) is 11.3. The minimum atomic E-state index is -3.59. The summed E-state index contributed by atoms with van der Waals surface area (Å²) in [6.07, 6.45) is 0.992. The number of nitrogens with one attached hydrogen (secondary N) is 1. The van der Waals surface area contributed by atoms with Crippen molar-refractivity contribution in [2.24, 2.45) is 0 Å². The summed E-state index contributed by atoms with van der Waals surface area (Å²) in [6, 6.07) is 16.4. The molecule has 0 heterocycles. The van der Waals surface area contributed by atoms with Crippen LogP contribution in [-0.2, 0) is 21.4 Å². The number of sulfonamides is 1. The first kappa shape index (κ1) is 20.1. The second-order valence-electron chi connectivity index (χ2n) is 6.26. The third-order valence-electron chi connectivity index (χ3n) is 4.02. The SMILES string of the molecule is CCCN(Cc1ccccc1)C(=O)CCNS(=O)(=O)c1ccc(C)cc1. The molecule has 1 amide bonds. The van der Waals surface area contributed by atoms with Gasteiger partial charge in [0.15, 0.2) is 0 Å². The fourth-order valence-electron chi connectivity index (χ4n) is 2.62. The molecule has 0 radical (unpaired) electrons. The molecule has 0 saturated heterocycles. The number of amides is 1. The van der Waals surface area contributed by atoms with Crippen molar-refractivity contribution < 1.29 is 13.2 Å². The molecule has 0 spiro atoms. The average molecular weight is 375 g/mol. The lowest BCUT2D eigenvalue weighted by atomic mass is 10.2. The molecule has 2 rings (SSSR count). The van der Waals surface area contributed by atoms with Crippen LogP contribution in [0.2, 0.25) is 0 Å². The minimum Gasteiger partial charge on any atom is -0.338 e. The van der Waals surface area contributed by atoms with Gasteiger partial charge in [-0.05, 0) is 31.0 Å². The van der Waals surface area contributed by atoms with Crippen LogP contribution < -0.4 is 4.72 Å². The number of nitrogens with zero attached hydrogens (tertiary/aromatic N) is 1. The zero-order valence-electron chi connectivity index (χ0n) is 15.3. The highest BCUT2D eigenvalue weighted by Gasteiger charge is 2.16.